The normalized spacial score (nSPS) is 10.4. The van der Waals surface area contributed by atoms with Crippen LogP contribution in [0.5, 0.6) is 0 Å². The minimum Gasteiger partial charge on any atom is -0.411 e. The first kappa shape index (κ1) is 10.7. The van der Waals surface area contributed by atoms with Gasteiger partial charge in [0.05, 0.1) is 5.69 Å². The Labute approximate surface area is 89.7 Å². The molecule has 1 rings (SSSR count). The summed E-state index contributed by atoms with van der Waals surface area (Å²) < 4.78 is 0.819. The Bertz CT molecular complexity index is 377. The molecule has 74 valence electrons. The minimum atomic E-state index is -0.473. The number of hydrogen-bond donors (Lipinski definition) is 2. The average Bonchev–Trinajstić information content (AvgIpc) is 2.13. The van der Waals surface area contributed by atoms with E-state index in [1.807, 2.05) is 19.1 Å². The number of nitrogens with one attached hydrogen (secondary N) is 1. The second-order valence-electron chi connectivity index (χ2n) is 2.67. The maximum Gasteiger partial charge on any atom is 0.270 e. The third-order valence-electron chi connectivity index (χ3n) is 1.62. The smallest absolute Gasteiger partial charge is 0.270 e. The summed E-state index contributed by atoms with van der Waals surface area (Å²) in [5.74, 6) is -0.473. The van der Waals surface area contributed by atoms with Crippen LogP contribution in [0.25, 0.3) is 0 Å². The van der Waals surface area contributed by atoms with E-state index in [0.29, 0.717) is 5.69 Å². The Morgan fingerprint density at radius 3 is 3.00 bits per heavy atom. The molecule has 0 spiro atoms. The molecule has 1 aromatic rings. The van der Waals surface area contributed by atoms with Crippen LogP contribution in [0.4, 0.5) is 5.69 Å². The average molecular weight is 257 g/mol. The largest absolute Gasteiger partial charge is 0.411 e. The summed E-state index contributed by atoms with van der Waals surface area (Å²) in [6.45, 7) is 1.92. The van der Waals surface area contributed by atoms with E-state index in [1.54, 1.807) is 6.07 Å². The molecule has 0 unspecified atom stereocenters. The number of rotatable bonds is 2. The maximum atomic E-state index is 11.0. The van der Waals surface area contributed by atoms with Gasteiger partial charge in [-0.05, 0) is 34.5 Å². The predicted molar refractivity (Wildman–Crippen MR) is 57.8 cm³/mol. The molecule has 0 aliphatic rings. The van der Waals surface area contributed by atoms with Gasteiger partial charge in [0.25, 0.3) is 5.91 Å². The quantitative estimate of drug-likeness (QED) is 0.484. The van der Waals surface area contributed by atoms with Crippen LogP contribution in [0.3, 0.4) is 0 Å². The van der Waals surface area contributed by atoms with Crippen molar-refractivity contribution in [2.75, 3.05) is 5.32 Å². The summed E-state index contributed by atoms with van der Waals surface area (Å²) in [6.07, 6.45) is 0.800. The molecule has 0 saturated carbocycles. The number of hydrogen-bond acceptors (Lipinski definition) is 3. The lowest BCUT2D eigenvalue weighted by atomic mass is 10.2. The number of halogens is 1. The molecule has 1 aromatic carbocycles. The van der Waals surface area contributed by atoms with Crippen LogP contribution in [0.15, 0.2) is 27.8 Å². The van der Waals surface area contributed by atoms with E-state index < -0.39 is 5.91 Å². The molecular formula is C9H9BrN2O2. The zero-order valence-corrected chi connectivity index (χ0v) is 9.08. The zero-order valence-electron chi connectivity index (χ0n) is 7.49. The van der Waals surface area contributed by atoms with Gasteiger partial charge < -0.3 is 10.5 Å². The van der Waals surface area contributed by atoms with Crippen molar-refractivity contribution in [1.29, 1.82) is 0 Å². The van der Waals surface area contributed by atoms with E-state index in [0.717, 1.165) is 16.3 Å². The van der Waals surface area contributed by atoms with Crippen molar-refractivity contribution in [1.82, 2.24) is 0 Å². The Hall–Kier alpha value is -1.36. The number of benzene rings is 1. The maximum absolute atomic E-state index is 11.0. The van der Waals surface area contributed by atoms with Crippen molar-refractivity contribution in [3.63, 3.8) is 0 Å². The van der Waals surface area contributed by atoms with Crippen LogP contribution in [0.2, 0.25) is 0 Å². The Morgan fingerprint density at radius 2 is 2.36 bits per heavy atom. The third kappa shape index (κ3) is 2.56. The highest BCUT2D eigenvalue weighted by atomic mass is 79.9. The number of nitrogens with zero attached hydrogens (tertiary/aromatic N) is 1. The number of carbonyl (C=O) groups excluding carboxylic acids is 1. The summed E-state index contributed by atoms with van der Waals surface area (Å²) >= 11 is 3.34. The lowest BCUT2D eigenvalue weighted by Crippen LogP contribution is -2.13. The molecule has 0 aliphatic carbocycles. The standard InChI is InChI=1S/C9H9BrN2O2/c1-6-3-2-4-7(9(6)10)12-8(13)5-11-14/h2-5,14H,1H3,(H,12,13). The van der Waals surface area contributed by atoms with E-state index in [2.05, 4.69) is 26.4 Å². The van der Waals surface area contributed by atoms with Gasteiger partial charge in [-0.2, -0.15) is 0 Å². The number of amides is 1. The van der Waals surface area contributed by atoms with Crippen molar-refractivity contribution in [2.45, 2.75) is 6.92 Å². The molecule has 0 fully saturated rings. The van der Waals surface area contributed by atoms with Gasteiger partial charge >= 0.3 is 0 Å². The van der Waals surface area contributed by atoms with Gasteiger partial charge in [-0.25, -0.2) is 0 Å². The van der Waals surface area contributed by atoms with Gasteiger partial charge in [-0.3, -0.25) is 4.79 Å². The second kappa shape index (κ2) is 4.76. The lowest BCUT2D eigenvalue weighted by Gasteiger charge is -2.06. The number of carbonyl (C=O) groups is 1. The lowest BCUT2D eigenvalue weighted by molar-refractivity contribution is -0.110. The fourth-order valence-corrected chi connectivity index (χ4v) is 1.32. The van der Waals surface area contributed by atoms with Crippen LogP contribution < -0.4 is 5.32 Å². The van der Waals surface area contributed by atoms with Gasteiger partial charge in [-0.15, -0.1) is 0 Å². The van der Waals surface area contributed by atoms with E-state index in [4.69, 9.17) is 5.21 Å². The highest BCUT2D eigenvalue weighted by Crippen LogP contribution is 2.25. The molecule has 14 heavy (non-hydrogen) atoms. The summed E-state index contributed by atoms with van der Waals surface area (Å²) in [6, 6.07) is 5.49. The predicted octanol–water partition coefficient (Wildman–Crippen LogP) is 2.16. The first-order valence-corrected chi connectivity index (χ1v) is 4.68. The fraction of sp³-hybridized carbons (Fsp3) is 0.111. The van der Waals surface area contributed by atoms with E-state index in [-0.39, 0.29) is 0 Å². The van der Waals surface area contributed by atoms with E-state index in [1.165, 1.54) is 0 Å². The van der Waals surface area contributed by atoms with Crippen LogP contribution >= 0.6 is 15.9 Å². The number of anilines is 1. The van der Waals surface area contributed by atoms with Crippen LogP contribution in [-0.4, -0.2) is 17.3 Å². The SMILES string of the molecule is Cc1cccc(NC(=O)C=NO)c1Br. The van der Waals surface area contributed by atoms with Crippen molar-refractivity contribution >= 4 is 33.7 Å². The fourth-order valence-electron chi connectivity index (χ4n) is 0.961. The molecular weight excluding hydrogens is 248 g/mol. The molecule has 0 aromatic heterocycles. The summed E-state index contributed by atoms with van der Waals surface area (Å²) in [5, 5.41) is 13.3. The third-order valence-corrected chi connectivity index (χ3v) is 2.68. The zero-order chi connectivity index (χ0) is 10.6. The molecule has 1 amide bonds. The summed E-state index contributed by atoms with van der Waals surface area (Å²) in [7, 11) is 0. The first-order valence-electron chi connectivity index (χ1n) is 3.88. The highest BCUT2D eigenvalue weighted by Gasteiger charge is 2.04. The molecule has 5 heteroatoms. The first-order chi connectivity index (χ1) is 6.65. The van der Waals surface area contributed by atoms with Gasteiger partial charge in [0.15, 0.2) is 0 Å². The molecule has 0 bridgehead atoms. The highest BCUT2D eigenvalue weighted by molar-refractivity contribution is 9.10. The topological polar surface area (TPSA) is 61.7 Å². The minimum absolute atomic E-state index is 0.473. The van der Waals surface area contributed by atoms with Crippen LogP contribution in [-0.2, 0) is 4.79 Å². The molecule has 0 saturated heterocycles. The molecule has 2 N–H and O–H groups in total. The Morgan fingerprint density at radius 1 is 1.64 bits per heavy atom. The van der Waals surface area contributed by atoms with Gasteiger partial charge in [0, 0.05) is 4.47 Å². The van der Waals surface area contributed by atoms with Gasteiger partial charge in [-0.1, -0.05) is 17.3 Å². The summed E-state index contributed by atoms with van der Waals surface area (Å²) in [4.78, 5) is 11.0. The monoisotopic (exact) mass is 256 g/mol. The molecule has 0 atom stereocenters. The van der Waals surface area contributed by atoms with E-state index >= 15 is 0 Å². The Kier molecular flexibility index (Phi) is 3.64. The number of oxime groups is 1. The Balaban J connectivity index is 2.87. The molecule has 4 nitrogen and oxygen atoms in total. The van der Waals surface area contributed by atoms with Crippen molar-refractivity contribution in [3.8, 4) is 0 Å². The van der Waals surface area contributed by atoms with Crippen molar-refractivity contribution < 1.29 is 10.0 Å². The van der Waals surface area contributed by atoms with Crippen molar-refractivity contribution in [3.05, 3.63) is 28.2 Å². The van der Waals surface area contributed by atoms with Gasteiger partial charge in [0.1, 0.15) is 6.21 Å². The number of aryl methyl sites for hydroxylation is 1. The molecule has 0 aliphatic heterocycles. The van der Waals surface area contributed by atoms with Crippen molar-refractivity contribution in [2.24, 2.45) is 5.16 Å². The van der Waals surface area contributed by atoms with E-state index in [9.17, 15) is 4.79 Å². The second-order valence-corrected chi connectivity index (χ2v) is 3.46. The van der Waals surface area contributed by atoms with Gasteiger partial charge in [0.2, 0.25) is 0 Å². The van der Waals surface area contributed by atoms with Crippen LogP contribution in [0, 0.1) is 6.92 Å². The summed E-state index contributed by atoms with van der Waals surface area (Å²) in [5.41, 5.74) is 1.67. The molecule has 0 heterocycles. The molecule has 0 radical (unpaired) electrons. The van der Waals surface area contributed by atoms with Crippen LogP contribution in [0.1, 0.15) is 5.56 Å².